The molecular formula is C20H21FN4O. The highest BCUT2D eigenvalue weighted by Crippen LogP contribution is 2.22. The molecule has 1 N–H and O–H groups in total. The minimum atomic E-state index is -0.309. The van der Waals surface area contributed by atoms with Crippen LogP contribution < -0.4 is 5.32 Å². The molecule has 1 aromatic heterocycles. The van der Waals surface area contributed by atoms with E-state index in [4.69, 9.17) is 0 Å². The number of imidazole rings is 1. The number of hydrogen-bond acceptors (Lipinski definition) is 2. The van der Waals surface area contributed by atoms with Gasteiger partial charge in [-0.15, -0.1) is 0 Å². The molecule has 0 spiro atoms. The van der Waals surface area contributed by atoms with Crippen molar-refractivity contribution < 1.29 is 9.18 Å². The van der Waals surface area contributed by atoms with Gasteiger partial charge in [-0.3, -0.25) is 0 Å². The number of rotatable bonds is 3. The number of benzene rings is 2. The lowest BCUT2D eigenvalue weighted by molar-refractivity contribution is 0.177. The van der Waals surface area contributed by atoms with Crippen molar-refractivity contribution in [2.75, 3.05) is 18.4 Å². The van der Waals surface area contributed by atoms with Gasteiger partial charge in [0.1, 0.15) is 5.82 Å². The summed E-state index contributed by atoms with van der Waals surface area (Å²) < 4.78 is 15.1. The third-order valence-corrected chi connectivity index (χ3v) is 4.98. The van der Waals surface area contributed by atoms with Gasteiger partial charge in [0, 0.05) is 25.3 Å². The molecular weight excluding hydrogens is 331 g/mol. The molecule has 1 saturated heterocycles. The van der Waals surface area contributed by atoms with Crippen LogP contribution in [0.25, 0.3) is 11.0 Å². The summed E-state index contributed by atoms with van der Waals surface area (Å²) in [6.45, 7) is 2.38. The molecule has 2 amide bonds. The first-order valence-corrected chi connectivity index (χ1v) is 8.90. The average Bonchev–Trinajstić information content (AvgIpc) is 3.07. The number of para-hydroxylation sites is 2. The molecule has 0 unspecified atom stereocenters. The Morgan fingerprint density at radius 3 is 2.62 bits per heavy atom. The predicted octanol–water partition coefficient (Wildman–Crippen LogP) is 4.12. The Morgan fingerprint density at radius 2 is 1.85 bits per heavy atom. The number of nitrogens with one attached hydrogen (secondary N) is 1. The molecule has 0 bridgehead atoms. The number of piperidine rings is 1. The molecule has 0 aliphatic carbocycles. The molecule has 1 aliphatic heterocycles. The molecule has 4 rings (SSSR count). The van der Waals surface area contributed by atoms with Gasteiger partial charge in [-0.05, 0) is 55.2 Å². The molecule has 2 heterocycles. The fraction of sp³-hybridized carbons (Fsp3) is 0.300. The Bertz CT molecular complexity index is 898. The number of halogens is 1. The molecule has 0 radical (unpaired) electrons. The lowest BCUT2D eigenvalue weighted by Crippen LogP contribution is -2.41. The molecule has 2 aromatic carbocycles. The van der Waals surface area contributed by atoms with E-state index in [-0.39, 0.29) is 11.8 Å². The van der Waals surface area contributed by atoms with Gasteiger partial charge in [0.25, 0.3) is 0 Å². The highest BCUT2D eigenvalue weighted by molar-refractivity contribution is 5.89. The van der Waals surface area contributed by atoms with E-state index in [1.165, 1.54) is 12.1 Å². The molecule has 1 fully saturated rings. The van der Waals surface area contributed by atoms with Crippen molar-refractivity contribution in [3.63, 3.8) is 0 Å². The maximum atomic E-state index is 12.9. The highest BCUT2D eigenvalue weighted by Gasteiger charge is 2.23. The average molecular weight is 352 g/mol. The SMILES string of the molecule is O=C(Nc1ccc(F)cc1)N1CCC(Cn2cnc3ccccc32)CC1. The highest BCUT2D eigenvalue weighted by atomic mass is 19.1. The van der Waals surface area contributed by atoms with Crippen LogP contribution in [-0.4, -0.2) is 33.6 Å². The quantitative estimate of drug-likeness (QED) is 0.771. The summed E-state index contributed by atoms with van der Waals surface area (Å²) >= 11 is 0. The van der Waals surface area contributed by atoms with E-state index in [9.17, 15) is 9.18 Å². The third kappa shape index (κ3) is 3.54. The number of urea groups is 1. The summed E-state index contributed by atoms with van der Waals surface area (Å²) in [4.78, 5) is 18.6. The predicted molar refractivity (Wildman–Crippen MR) is 99.4 cm³/mol. The zero-order valence-corrected chi connectivity index (χ0v) is 14.4. The first-order chi connectivity index (χ1) is 12.7. The first kappa shape index (κ1) is 16.6. The number of carbonyl (C=O) groups is 1. The van der Waals surface area contributed by atoms with Gasteiger partial charge in [0.2, 0.25) is 0 Å². The van der Waals surface area contributed by atoms with E-state index in [1.807, 2.05) is 29.4 Å². The summed E-state index contributed by atoms with van der Waals surface area (Å²) in [7, 11) is 0. The Kier molecular flexibility index (Phi) is 4.56. The van der Waals surface area contributed by atoms with Crippen LogP contribution >= 0.6 is 0 Å². The van der Waals surface area contributed by atoms with Gasteiger partial charge >= 0.3 is 6.03 Å². The fourth-order valence-electron chi connectivity index (χ4n) is 3.49. The van der Waals surface area contributed by atoms with E-state index >= 15 is 0 Å². The van der Waals surface area contributed by atoms with E-state index in [2.05, 4.69) is 20.9 Å². The number of fused-ring (bicyclic) bond motifs is 1. The molecule has 0 saturated carbocycles. The van der Waals surface area contributed by atoms with Crippen molar-refractivity contribution in [2.45, 2.75) is 19.4 Å². The first-order valence-electron chi connectivity index (χ1n) is 8.90. The van der Waals surface area contributed by atoms with Crippen molar-refractivity contribution in [1.29, 1.82) is 0 Å². The van der Waals surface area contributed by atoms with Crippen LogP contribution in [0.15, 0.2) is 54.9 Å². The van der Waals surface area contributed by atoms with Crippen molar-refractivity contribution in [1.82, 2.24) is 14.5 Å². The molecule has 5 nitrogen and oxygen atoms in total. The molecule has 26 heavy (non-hydrogen) atoms. The van der Waals surface area contributed by atoms with Gasteiger partial charge in [-0.2, -0.15) is 0 Å². The monoisotopic (exact) mass is 352 g/mol. The van der Waals surface area contributed by atoms with Crippen LogP contribution in [0.5, 0.6) is 0 Å². The van der Waals surface area contributed by atoms with Gasteiger partial charge in [0.15, 0.2) is 0 Å². The number of likely N-dealkylation sites (tertiary alicyclic amines) is 1. The Hall–Kier alpha value is -2.89. The second-order valence-electron chi connectivity index (χ2n) is 6.75. The Labute approximate surface area is 151 Å². The smallest absolute Gasteiger partial charge is 0.321 e. The number of anilines is 1. The van der Waals surface area contributed by atoms with Gasteiger partial charge in [0.05, 0.1) is 17.4 Å². The zero-order valence-electron chi connectivity index (χ0n) is 14.4. The van der Waals surface area contributed by atoms with Crippen molar-refractivity contribution >= 4 is 22.8 Å². The molecule has 1 aliphatic rings. The minimum Gasteiger partial charge on any atom is -0.330 e. The lowest BCUT2D eigenvalue weighted by Gasteiger charge is -2.32. The number of amides is 2. The van der Waals surface area contributed by atoms with Crippen molar-refractivity contribution in [3.8, 4) is 0 Å². The van der Waals surface area contributed by atoms with E-state index < -0.39 is 0 Å². The van der Waals surface area contributed by atoms with Gasteiger partial charge in [-0.25, -0.2) is 14.2 Å². The number of hydrogen-bond donors (Lipinski definition) is 1. The number of aromatic nitrogens is 2. The fourth-order valence-corrected chi connectivity index (χ4v) is 3.49. The van der Waals surface area contributed by atoms with Crippen LogP contribution in [0, 0.1) is 11.7 Å². The largest absolute Gasteiger partial charge is 0.330 e. The topological polar surface area (TPSA) is 50.2 Å². The summed E-state index contributed by atoms with van der Waals surface area (Å²) in [5.41, 5.74) is 2.79. The Balaban J connectivity index is 1.32. The Morgan fingerprint density at radius 1 is 1.12 bits per heavy atom. The maximum Gasteiger partial charge on any atom is 0.321 e. The van der Waals surface area contributed by atoms with Crippen LogP contribution in [0.4, 0.5) is 14.9 Å². The zero-order chi connectivity index (χ0) is 17.9. The van der Waals surface area contributed by atoms with Crippen LogP contribution in [0.3, 0.4) is 0 Å². The third-order valence-electron chi connectivity index (χ3n) is 4.98. The second-order valence-corrected chi connectivity index (χ2v) is 6.75. The van der Waals surface area contributed by atoms with Crippen molar-refractivity contribution in [3.05, 3.63) is 60.7 Å². The number of nitrogens with zero attached hydrogens (tertiary/aromatic N) is 3. The summed E-state index contributed by atoms with van der Waals surface area (Å²) in [5.74, 6) is 0.221. The van der Waals surface area contributed by atoms with Crippen LogP contribution in [-0.2, 0) is 6.54 Å². The minimum absolute atomic E-state index is 0.122. The van der Waals surface area contributed by atoms with E-state index in [1.54, 1.807) is 12.1 Å². The van der Waals surface area contributed by atoms with Gasteiger partial charge in [-0.1, -0.05) is 12.1 Å². The van der Waals surface area contributed by atoms with Gasteiger partial charge < -0.3 is 14.8 Å². The van der Waals surface area contributed by atoms with Crippen LogP contribution in [0.1, 0.15) is 12.8 Å². The lowest BCUT2D eigenvalue weighted by atomic mass is 9.97. The molecule has 0 atom stereocenters. The maximum absolute atomic E-state index is 12.9. The summed E-state index contributed by atoms with van der Waals surface area (Å²) in [6.07, 6.45) is 3.82. The van der Waals surface area contributed by atoms with Crippen molar-refractivity contribution in [2.24, 2.45) is 5.92 Å². The summed E-state index contributed by atoms with van der Waals surface area (Å²) in [6, 6.07) is 13.9. The summed E-state index contributed by atoms with van der Waals surface area (Å²) in [5, 5.41) is 2.83. The van der Waals surface area contributed by atoms with Crippen LogP contribution in [0.2, 0.25) is 0 Å². The second kappa shape index (κ2) is 7.15. The van der Waals surface area contributed by atoms with E-state index in [0.29, 0.717) is 11.6 Å². The standard InChI is InChI=1S/C20H21FN4O/c21-16-5-7-17(8-6-16)23-20(26)24-11-9-15(10-12-24)13-25-14-22-18-3-1-2-4-19(18)25/h1-8,14-15H,9-13H2,(H,23,26). The number of carbonyl (C=O) groups excluding carboxylic acids is 1. The molecule has 3 aromatic rings. The van der Waals surface area contributed by atoms with E-state index in [0.717, 1.165) is 43.5 Å². The molecule has 6 heteroatoms. The molecule has 134 valence electrons. The normalized spacial score (nSPS) is 15.3.